The molecule has 2 fully saturated rings. The number of rotatable bonds is 4. The van der Waals surface area contributed by atoms with Crippen molar-refractivity contribution in [3.63, 3.8) is 0 Å². The number of hydrogen-bond acceptors (Lipinski definition) is 3. The van der Waals surface area contributed by atoms with E-state index in [0.29, 0.717) is 0 Å². The first kappa shape index (κ1) is 15.3. The quantitative estimate of drug-likeness (QED) is 0.842. The van der Waals surface area contributed by atoms with Gasteiger partial charge in [-0.3, -0.25) is 9.80 Å². The zero-order chi connectivity index (χ0) is 14.0. The maximum Gasteiger partial charge on any atom is 0.0195 e. The van der Waals surface area contributed by atoms with Crippen LogP contribution >= 0.6 is 0 Å². The highest BCUT2D eigenvalue weighted by atomic mass is 15.3. The molecule has 3 nitrogen and oxygen atoms in total. The number of hydrogen-bond donors (Lipinski definition) is 1. The molecule has 1 aliphatic carbocycles. The van der Waals surface area contributed by atoms with E-state index in [1.165, 1.54) is 45.6 Å². The summed E-state index contributed by atoms with van der Waals surface area (Å²) in [6.07, 6.45) is 2.82. The third-order valence-corrected chi connectivity index (χ3v) is 4.94. The molecule has 2 rings (SSSR count). The predicted molar refractivity (Wildman–Crippen MR) is 82.5 cm³/mol. The van der Waals surface area contributed by atoms with Crippen molar-refractivity contribution in [3.8, 4) is 0 Å². The molecule has 2 aliphatic rings. The van der Waals surface area contributed by atoms with Crippen molar-refractivity contribution in [3.05, 3.63) is 0 Å². The van der Waals surface area contributed by atoms with Crippen molar-refractivity contribution >= 4 is 0 Å². The van der Waals surface area contributed by atoms with Crippen LogP contribution in [0.15, 0.2) is 0 Å². The first-order valence-electron chi connectivity index (χ1n) is 8.14. The molecular formula is C16H33N3. The van der Waals surface area contributed by atoms with Crippen molar-refractivity contribution in [1.82, 2.24) is 15.1 Å². The van der Waals surface area contributed by atoms with E-state index in [-0.39, 0.29) is 5.54 Å². The fourth-order valence-corrected chi connectivity index (χ4v) is 3.50. The second kappa shape index (κ2) is 6.11. The topological polar surface area (TPSA) is 18.5 Å². The summed E-state index contributed by atoms with van der Waals surface area (Å²) < 4.78 is 0. The highest BCUT2D eigenvalue weighted by Crippen LogP contribution is 2.33. The highest BCUT2D eigenvalue weighted by Gasteiger charge is 2.38. The summed E-state index contributed by atoms with van der Waals surface area (Å²) in [7, 11) is 0. The van der Waals surface area contributed by atoms with Gasteiger partial charge >= 0.3 is 0 Å². The molecule has 3 atom stereocenters. The van der Waals surface area contributed by atoms with Crippen molar-refractivity contribution < 1.29 is 0 Å². The van der Waals surface area contributed by atoms with Gasteiger partial charge in [-0.15, -0.1) is 0 Å². The van der Waals surface area contributed by atoms with Crippen LogP contribution in [0.4, 0.5) is 0 Å². The van der Waals surface area contributed by atoms with Crippen LogP contribution in [0.5, 0.6) is 0 Å². The van der Waals surface area contributed by atoms with Crippen molar-refractivity contribution in [2.24, 2.45) is 5.92 Å². The lowest BCUT2D eigenvalue weighted by Gasteiger charge is -2.50. The normalized spacial score (nSPS) is 34.3. The van der Waals surface area contributed by atoms with Crippen LogP contribution < -0.4 is 5.32 Å². The van der Waals surface area contributed by atoms with E-state index in [4.69, 9.17) is 0 Å². The minimum Gasteiger partial charge on any atom is -0.312 e. The zero-order valence-electron chi connectivity index (χ0n) is 13.6. The zero-order valence-corrected chi connectivity index (χ0v) is 13.6. The molecule has 0 aromatic carbocycles. The molecule has 0 bridgehead atoms. The lowest BCUT2D eigenvalue weighted by atomic mass is 9.77. The van der Waals surface area contributed by atoms with Crippen LogP contribution in [0.1, 0.15) is 47.5 Å². The molecular weight excluding hydrogens is 234 g/mol. The molecule has 19 heavy (non-hydrogen) atoms. The number of nitrogens with one attached hydrogen (secondary N) is 1. The van der Waals surface area contributed by atoms with Gasteiger partial charge in [0.1, 0.15) is 0 Å². The third kappa shape index (κ3) is 3.93. The monoisotopic (exact) mass is 267 g/mol. The van der Waals surface area contributed by atoms with Gasteiger partial charge in [0.2, 0.25) is 0 Å². The molecule has 1 saturated heterocycles. The lowest BCUT2D eigenvalue weighted by molar-refractivity contribution is -0.00143. The van der Waals surface area contributed by atoms with Gasteiger partial charge in [-0.25, -0.2) is 0 Å². The van der Waals surface area contributed by atoms with E-state index in [1.807, 2.05) is 0 Å². The highest BCUT2D eigenvalue weighted by molar-refractivity contribution is 4.94. The molecule has 0 amide bonds. The van der Waals surface area contributed by atoms with E-state index >= 15 is 0 Å². The molecule has 3 unspecified atom stereocenters. The fraction of sp³-hybridized carbons (Fsp3) is 1.00. The second-order valence-electron chi connectivity index (χ2n) is 7.51. The summed E-state index contributed by atoms with van der Waals surface area (Å²) in [5.74, 6) is 0.875. The van der Waals surface area contributed by atoms with Crippen molar-refractivity contribution in [1.29, 1.82) is 0 Å². The lowest BCUT2D eigenvalue weighted by Crippen LogP contribution is -2.60. The van der Waals surface area contributed by atoms with Gasteiger partial charge in [0.25, 0.3) is 0 Å². The molecule has 1 aliphatic heterocycles. The Morgan fingerprint density at radius 2 is 1.89 bits per heavy atom. The summed E-state index contributed by atoms with van der Waals surface area (Å²) in [6.45, 7) is 17.7. The van der Waals surface area contributed by atoms with Crippen LogP contribution in [0, 0.1) is 5.92 Å². The molecule has 0 aromatic heterocycles. The molecule has 1 saturated carbocycles. The van der Waals surface area contributed by atoms with E-state index in [2.05, 4.69) is 49.7 Å². The summed E-state index contributed by atoms with van der Waals surface area (Å²) in [5.41, 5.74) is 0.258. The van der Waals surface area contributed by atoms with E-state index < -0.39 is 0 Å². The molecule has 0 radical (unpaired) electrons. The Morgan fingerprint density at radius 1 is 1.16 bits per heavy atom. The summed E-state index contributed by atoms with van der Waals surface area (Å²) >= 11 is 0. The Hall–Kier alpha value is -0.120. The summed E-state index contributed by atoms with van der Waals surface area (Å²) in [6, 6.07) is 1.58. The van der Waals surface area contributed by atoms with Gasteiger partial charge in [0.05, 0.1) is 0 Å². The number of piperazine rings is 1. The first-order chi connectivity index (χ1) is 8.90. The van der Waals surface area contributed by atoms with Gasteiger partial charge in [-0.05, 0) is 59.5 Å². The Labute approximate surface area is 119 Å². The van der Waals surface area contributed by atoms with E-state index in [9.17, 15) is 0 Å². The second-order valence-corrected chi connectivity index (χ2v) is 7.51. The summed E-state index contributed by atoms with van der Waals surface area (Å²) in [5, 5.41) is 3.69. The Morgan fingerprint density at radius 3 is 2.37 bits per heavy atom. The Balaban J connectivity index is 1.79. The standard InChI is InChI=1S/C16H33N3/c1-6-18-9-10-19(12-13(18)2)15-8-7-14(15)11-17-16(3,4)5/h13-15,17H,6-12H2,1-5H3. The SMILES string of the molecule is CCN1CCN(C2CCC2CNC(C)(C)C)CC1C. The van der Waals surface area contributed by atoms with Crippen molar-refractivity contribution in [2.45, 2.75) is 65.1 Å². The molecule has 0 spiro atoms. The largest absolute Gasteiger partial charge is 0.312 e. The molecule has 1 N–H and O–H groups in total. The number of likely N-dealkylation sites (N-methyl/N-ethyl adjacent to an activating group) is 1. The van der Waals surface area contributed by atoms with Gasteiger partial charge < -0.3 is 5.32 Å². The van der Waals surface area contributed by atoms with Crippen molar-refractivity contribution in [2.75, 3.05) is 32.7 Å². The Kier molecular flexibility index (Phi) is 4.91. The van der Waals surface area contributed by atoms with Gasteiger partial charge in [-0.1, -0.05) is 6.92 Å². The van der Waals surface area contributed by atoms with Gasteiger partial charge in [0, 0.05) is 37.3 Å². The number of nitrogens with zero attached hydrogens (tertiary/aromatic N) is 2. The third-order valence-electron chi connectivity index (χ3n) is 4.94. The fourth-order valence-electron chi connectivity index (χ4n) is 3.50. The minimum atomic E-state index is 0.258. The molecule has 3 heteroatoms. The van der Waals surface area contributed by atoms with E-state index in [0.717, 1.165) is 18.0 Å². The van der Waals surface area contributed by atoms with E-state index in [1.54, 1.807) is 0 Å². The molecule has 112 valence electrons. The summed E-state index contributed by atoms with van der Waals surface area (Å²) in [4.78, 5) is 5.37. The van der Waals surface area contributed by atoms with Crippen LogP contribution in [0.25, 0.3) is 0 Å². The van der Waals surface area contributed by atoms with Gasteiger partial charge in [0.15, 0.2) is 0 Å². The van der Waals surface area contributed by atoms with Crippen LogP contribution in [0.3, 0.4) is 0 Å². The molecule has 0 aromatic rings. The maximum absolute atomic E-state index is 3.69. The van der Waals surface area contributed by atoms with Crippen LogP contribution in [-0.4, -0.2) is 60.1 Å². The minimum absolute atomic E-state index is 0.258. The predicted octanol–water partition coefficient (Wildman–Crippen LogP) is 2.18. The average Bonchev–Trinajstić information content (AvgIpc) is 2.26. The molecule has 1 heterocycles. The van der Waals surface area contributed by atoms with Crippen LogP contribution in [-0.2, 0) is 0 Å². The smallest absolute Gasteiger partial charge is 0.0195 e. The first-order valence-corrected chi connectivity index (χ1v) is 8.14. The Bertz CT molecular complexity index is 284. The van der Waals surface area contributed by atoms with Gasteiger partial charge in [-0.2, -0.15) is 0 Å². The maximum atomic E-state index is 3.69. The average molecular weight is 267 g/mol. The van der Waals surface area contributed by atoms with Crippen LogP contribution in [0.2, 0.25) is 0 Å².